The maximum atomic E-state index is 13.1. The summed E-state index contributed by atoms with van der Waals surface area (Å²) in [6.45, 7) is 10.5. The van der Waals surface area contributed by atoms with Crippen LogP contribution >= 0.6 is 23.2 Å². The fourth-order valence-electron chi connectivity index (χ4n) is 7.36. The molecule has 2 unspecified atom stereocenters. The van der Waals surface area contributed by atoms with E-state index in [1.165, 1.54) is 24.6 Å². The summed E-state index contributed by atoms with van der Waals surface area (Å²) in [5, 5.41) is 57.0. The van der Waals surface area contributed by atoms with Gasteiger partial charge in [-0.2, -0.15) is 0 Å². The van der Waals surface area contributed by atoms with Gasteiger partial charge in [-0.3, -0.25) is 14.4 Å². The summed E-state index contributed by atoms with van der Waals surface area (Å²) < 4.78 is 23.6. The number of aromatic hydroxyl groups is 2. The number of nitrogen functional groups attached to an aromatic ring is 1. The third-order valence-electron chi connectivity index (χ3n) is 11.2. The lowest BCUT2D eigenvalue weighted by Gasteiger charge is -2.18. The molecule has 1 heterocycles. The molecule has 378 valence electrons. The van der Waals surface area contributed by atoms with E-state index in [4.69, 9.17) is 47.9 Å². The third-order valence-corrected chi connectivity index (χ3v) is 11.8. The molecule has 19 heteroatoms. The number of phenols is 2. The van der Waals surface area contributed by atoms with Crippen molar-refractivity contribution in [1.82, 2.24) is 20.2 Å². The van der Waals surface area contributed by atoms with Crippen molar-refractivity contribution in [3.8, 4) is 34.5 Å². The van der Waals surface area contributed by atoms with Crippen molar-refractivity contribution in [1.29, 1.82) is 0 Å². The normalized spacial score (nSPS) is 11.8. The minimum Gasteiger partial charge on any atom is -0.507 e. The molecule has 0 saturated carbocycles. The summed E-state index contributed by atoms with van der Waals surface area (Å²) in [6.07, 6.45) is 0.975. The molecule has 6 aromatic rings. The van der Waals surface area contributed by atoms with E-state index >= 15 is 0 Å². The molecule has 0 aliphatic rings. The third kappa shape index (κ3) is 14.8. The number of benzene rings is 5. The molecular formula is C52H60Cl2N6O11. The lowest BCUT2D eigenvalue weighted by Crippen LogP contribution is -2.25. The predicted octanol–water partition coefficient (Wildman–Crippen LogP) is 8.70. The fraction of sp³-hybridized carbons (Fsp3) is 0.346. The Morgan fingerprint density at radius 3 is 1.89 bits per heavy atom. The van der Waals surface area contributed by atoms with Gasteiger partial charge in [-0.05, 0) is 121 Å². The number of carbonyl (C=O) groups is 3. The zero-order valence-electron chi connectivity index (χ0n) is 40.7. The summed E-state index contributed by atoms with van der Waals surface area (Å²) in [7, 11) is 1.59. The van der Waals surface area contributed by atoms with E-state index in [0.29, 0.717) is 68.2 Å². The number of halogens is 2. The monoisotopic (exact) mass is 1010 g/mol. The minimum absolute atomic E-state index is 0.0185. The summed E-state index contributed by atoms with van der Waals surface area (Å²) in [6, 6.07) is 20.4. The van der Waals surface area contributed by atoms with Gasteiger partial charge in [0.25, 0.3) is 5.91 Å². The van der Waals surface area contributed by atoms with Crippen molar-refractivity contribution < 1.29 is 53.8 Å². The average molecular weight is 1020 g/mol. The predicted molar refractivity (Wildman–Crippen MR) is 271 cm³/mol. The number of carbonyl (C=O) groups excluding carboxylic acids is 3. The molecule has 0 spiro atoms. The zero-order valence-corrected chi connectivity index (χ0v) is 42.2. The lowest BCUT2D eigenvalue weighted by molar-refractivity contribution is 0.0622. The van der Waals surface area contributed by atoms with Crippen LogP contribution in [-0.2, 0) is 25.8 Å². The van der Waals surface area contributed by atoms with Crippen LogP contribution in [-0.4, -0.2) is 97.2 Å². The van der Waals surface area contributed by atoms with Crippen LogP contribution in [0.25, 0.3) is 0 Å². The number of phenolic OH excluding ortho intramolecular Hbond substituents is 2. The number of aromatic nitrogens is 4. The van der Waals surface area contributed by atoms with Gasteiger partial charge in [-0.1, -0.05) is 68.1 Å². The van der Waals surface area contributed by atoms with Crippen LogP contribution in [0.3, 0.4) is 0 Å². The van der Waals surface area contributed by atoms with Crippen molar-refractivity contribution >= 4 is 52.1 Å². The number of methoxy groups -OCH3 is 1. The molecule has 7 N–H and O–H groups in total. The van der Waals surface area contributed by atoms with E-state index in [2.05, 4.69) is 20.8 Å². The Morgan fingerprint density at radius 1 is 0.732 bits per heavy atom. The van der Waals surface area contributed by atoms with Gasteiger partial charge in [0.2, 0.25) is 5.82 Å². The number of Topliss-reactive ketones (excluding diaryl/α,β-unsaturated/α-hetero) is 2. The number of nitrogens with zero attached hydrogens (tertiary/aromatic N) is 4. The molecule has 0 bridgehead atoms. The van der Waals surface area contributed by atoms with E-state index in [1.807, 2.05) is 45.0 Å². The number of ether oxygens (including phenoxy) is 4. The Balaban J connectivity index is 0.000000290. The maximum Gasteiger partial charge on any atom is 0.295 e. The van der Waals surface area contributed by atoms with Gasteiger partial charge in [0.1, 0.15) is 60.4 Å². The molecule has 0 radical (unpaired) electrons. The molecule has 6 rings (SSSR count). The Bertz CT molecular complexity index is 2820. The second-order valence-electron chi connectivity index (χ2n) is 16.8. The number of aryl methyl sites for hydroxylation is 2. The van der Waals surface area contributed by atoms with Crippen molar-refractivity contribution in [2.45, 2.75) is 92.4 Å². The first-order valence-corrected chi connectivity index (χ1v) is 23.6. The molecule has 5 aromatic carbocycles. The lowest BCUT2D eigenvalue weighted by atomic mass is 9.94. The molecule has 0 aliphatic heterocycles. The molecule has 0 aliphatic carbocycles. The van der Waals surface area contributed by atoms with Gasteiger partial charge in [0.15, 0.2) is 11.6 Å². The van der Waals surface area contributed by atoms with Crippen LogP contribution in [0.4, 0.5) is 11.4 Å². The maximum absolute atomic E-state index is 13.1. The molecule has 0 saturated heterocycles. The summed E-state index contributed by atoms with van der Waals surface area (Å²) in [4.78, 5) is 36.6. The first-order valence-electron chi connectivity index (χ1n) is 22.9. The highest BCUT2D eigenvalue weighted by molar-refractivity contribution is 6.32. The van der Waals surface area contributed by atoms with Crippen molar-refractivity contribution in [2.75, 3.05) is 38.0 Å². The van der Waals surface area contributed by atoms with Crippen LogP contribution in [0.2, 0.25) is 10.0 Å². The molecule has 1 aromatic heterocycles. The average Bonchev–Trinajstić information content (AvgIpc) is 3.80. The molecule has 0 fully saturated rings. The smallest absolute Gasteiger partial charge is 0.295 e. The highest BCUT2D eigenvalue weighted by Gasteiger charge is 2.22. The summed E-state index contributed by atoms with van der Waals surface area (Å²) >= 11 is 12.5. The van der Waals surface area contributed by atoms with E-state index in [-0.39, 0.29) is 78.6 Å². The standard InChI is InChI=1S/C31H34ClN5O6.C21H26ClNO5/c1-5-6-25-21(9-12-24(19(3)38)29(25)40)14-22(39)17-43-28-15-27(18(2)13-26(28)32)33-31(41)30-34-35-36-37(30)16-20-7-10-23(42-4)11-8-20;1-4-5-16-19(7-6-15(13(3)24)21(16)26)27-10-14(25)11-28-20-9-18(23)12(2)8-17(20)22/h7-13,15,22,39-40H,5-6,14,16-17H2,1-4H3,(H,33,41);6-9,14,25-26H,4-5,10-11,23H2,1-3H3. The largest absolute Gasteiger partial charge is 0.507 e. The van der Waals surface area contributed by atoms with Gasteiger partial charge in [-0.15, -0.1) is 5.10 Å². The van der Waals surface area contributed by atoms with Crippen LogP contribution in [0, 0.1) is 13.8 Å². The number of aliphatic hydroxyl groups excluding tert-OH is 2. The number of hydrogen-bond donors (Lipinski definition) is 6. The van der Waals surface area contributed by atoms with Crippen molar-refractivity contribution in [3.63, 3.8) is 0 Å². The minimum atomic E-state index is -0.934. The van der Waals surface area contributed by atoms with Gasteiger partial charge in [0.05, 0.1) is 40.9 Å². The first kappa shape index (κ1) is 55.0. The number of hydrogen-bond acceptors (Lipinski definition) is 15. The number of ketones is 2. The number of anilines is 2. The van der Waals surface area contributed by atoms with E-state index in [9.17, 15) is 34.8 Å². The van der Waals surface area contributed by atoms with E-state index in [0.717, 1.165) is 29.5 Å². The highest BCUT2D eigenvalue weighted by Crippen LogP contribution is 2.35. The van der Waals surface area contributed by atoms with Crippen LogP contribution in [0.5, 0.6) is 34.5 Å². The van der Waals surface area contributed by atoms with Gasteiger partial charge in [0, 0.05) is 35.5 Å². The molecule has 71 heavy (non-hydrogen) atoms. The van der Waals surface area contributed by atoms with Gasteiger partial charge < -0.3 is 50.4 Å². The van der Waals surface area contributed by atoms with E-state index < -0.39 is 18.1 Å². The first-order chi connectivity index (χ1) is 33.8. The molecule has 1 amide bonds. The van der Waals surface area contributed by atoms with Crippen molar-refractivity contribution in [2.24, 2.45) is 0 Å². The Hall–Kier alpha value is -6.92. The number of rotatable bonds is 22. The number of nitrogens with two attached hydrogens (primary N) is 1. The second kappa shape index (κ2) is 25.8. The van der Waals surface area contributed by atoms with Crippen LogP contribution in [0.1, 0.15) is 105 Å². The van der Waals surface area contributed by atoms with E-state index in [1.54, 1.807) is 56.5 Å². The molecular weight excluding hydrogens is 956 g/mol. The topological polar surface area (TPSA) is 251 Å². The SMILES string of the molecule is CCCc1c(CC(O)COc2cc(NC(=O)c3nnnn3Cc3ccc(OC)cc3)c(C)cc2Cl)ccc(C(C)=O)c1O.CCCc1c(OCC(O)COc2cc(N)c(C)cc2Cl)ccc(C(C)=O)c1O. The van der Waals surface area contributed by atoms with Gasteiger partial charge in [-0.25, -0.2) is 4.68 Å². The number of tetrazole rings is 1. The Kier molecular flexibility index (Phi) is 20.0. The number of amides is 1. The molecule has 17 nitrogen and oxygen atoms in total. The van der Waals surface area contributed by atoms with Gasteiger partial charge >= 0.3 is 0 Å². The number of nitrogens with one attached hydrogen (secondary N) is 1. The molecule has 2 atom stereocenters. The zero-order chi connectivity index (χ0) is 51.9. The fourth-order valence-corrected chi connectivity index (χ4v) is 7.91. The Morgan fingerprint density at radius 2 is 1.28 bits per heavy atom. The quantitative estimate of drug-likeness (QED) is 0.0275. The number of aliphatic hydroxyl groups is 2. The van der Waals surface area contributed by atoms with Crippen molar-refractivity contribution in [3.05, 3.63) is 133 Å². The Labute approximate surface area is 422 Å². The summed E-state index contributed by atoms with van der Waals surface area (Å²) in [5.74, 6) is 0.739. The van der Waals surface area contributed by atoms with Crippen LogP contribution in [0.15, 0.2) is 72.8 Å². The highest BCUT2D eigenvalue weighted by atomic mass is 35.5. The van der Waals surface area contributed by atoms with Crippen LogP contribution < -0.4 is 30.0 Å². The second-order valence-corrected chi connectivity index (χ2v) is 17.6. The summed E-state index contributed by atoms with van der Waals surface area (Å²) in [5.41, 5.74) is 11.7.